The number of carbonyl (C=O) groups excluding carboxylic acids is 3. The number of pyridine rings is 1. The molecule has 138 valence electrons. The number of aromatic nitrogens is 1. The van der Waals surface area contributed by atoms with Crippen LogP contribution in [0.1, 0.15) is 16.8 Å². The molecule has 10 heteroatoms. The number of likely N-dealkylation sites (N-methyl/N-ethyl adjacent to an activating group) is 1. The monoisotopic (exact) mass is 439 g/mol. The molecule has 0 aliphatic carbocycles. The smallest absolute Gasteiger partial charge is 0.251 e. The number of hydrogen-bond donors (Lipinski definition) is 3. The van der Waals surface area contributed by atoms with Crippen LogP contribution in [0.5, 0.6) is 0 Å². The summed E-state index contributed by atoms with van der Waals surface area (Å²) in [7, 11) is 1.74. The van der Waals surface area contributed by atoms with Crippen molar-refractivity contribution >= 4 is 55.8 Å². The van der Waals surface area contributed by atoms with E-state index in [-0.39, 0.29) is 30.3 Å². The Kier molecular flexibility index (Phi) is 7.25. The van der Waals surface area contributed by atoms with Crippen molar-refractivity contribution < 1.29 is 14.4 Å². The van der Waals surface area contributed by atoms with Gasteiger partial charge < -0.3 is 16.4 Å². The molecule has 3 amide bonds. The topological polar surface area (TPSA) is 117 Å². The van der Waals surface area contributed by atoms with Crippen LogP contribution in [0.3, 0.4) is 0 Å². The van der Waals surface area contributed by atoms with E-state index in [0.29, 0.717) is 17.4 Å². The van der Waals surface area contributed by atoms with Crippen molar-refractivity contribution in [2.24, 2.45) is 5.73 Å². The number of nitrogens with one attached hydrogen (secondary N) is 2. The first-order valence-electron chi connectivity index (χ1n) is 7.62. The van der Waals surface area contributed by atoms with Crippen LogP contribution in [0.2, 0.25) is 0 Å². The van der Waals surface area contributed by atoms with Crippen molar-refractivity contribution in [3.05, 3.63) is 39.8 Å². The standard InChI is InChI=1S/C16H18BrN5O3S/c1-22(9-14(24)20-12-3-2-10(17)8-19-12)6-4-13(23)21-16-11(15(18)25)5-7-26-16/h2-3,5,7-8H,4,6,9H2,1H3,(H2,18,25)(H,21,23)(H,19,20,24). The van der Waals surface area contributed by atoms with E-state index >= 15 is 0 Å². The van der Waals surface area contributed by atoms with E-state index in [2.05, 4.69) is 31.5 Å². The summed E-state index contributed by atoms with van der Waals surface area (Å²) < 4.78 is 0.823. The molecule has 0 unspecified atom stereocenters. The number of rotatable bonds is 8. The fourth-order valence-electron chi connectivity index (χ4n) is 2.04. The number of thiophene rings is 1. The van der Waals surface area contributed by atoms with E-state index < -0.39 is 5.91 Å². The number of hydrogen-bond acceptors (Lipinski definition) is 6. The number of nitrogens with two attached hydrogens (primary N) is 1. The Morgan fingerprint density at radius 2 is 2.00 bits per heavy atom. The SMILES string of the molecule is CN(CCC(=O)Nc1sccc1C(N)=O)CC(=O)Nc1ccc(Br)cn1. The Bertz CT molecular complexity index is 793. The van der Waals surface area contributed by atoms with Crippen molar-refractivity contribution in [2.45, 2.75) is 6.42 Å². The van der Waals surface area contributed by atoms with Crippen LogP contribution in [0, 0.1) is 0 Å². The summed E-state index contributed by atoms with van der Waals surface area (Å²) in [4.78, 5) is 41.0. The average Bonchev–Trinajstić information content (AvgIpc) is 3.03. The van der Waals surface area contributed by atoms with Gasteiger partial charge in [-0.3, -0.25) is 19.3 Å². The third-order valence-corrected chi connectivity index (χ3v) is 4.61. The molecule has 0 saturated heterocycles. The summed E-state index contributed by atoms with van der Waals surface area (Å²) in [5.74, 6) is -0.605. The minimum absolute atomic E-state index is 0.122. The van der Waals surface area contributed by atoms with Crippen LogP contribution in [-0.2, 0) is 9.59 Å². The number of carbonyl (C=O) groups is 3. The summed E-state index contributed by atoms with van der Waals surface area (Å²) in [5, 5.41) is 7.46. The third-order valence-electron chi connectivity index (χ3n) is 3.31. The van der Waals surface area contributed by atoms with Gasteiger partial charge >= 0.3 is 0 Å². The average molecular weight is 440 g/mol. The largest absolute Gasteiger partial charge is 0.366 e. The first kappa shape index (κ1) is 20.0. The number of anilines is 2. The lowest BCUT2D eigenvalue weighted by atomic mass is 10.3. The van der Waals surface area contributed by atoms with Gasteiger partial charge in [0.1, 0.15) is 10.8 Å². The van der Waals surface area contributed by atoms with E-state index in [0.717, 1.165) is 4.47 Å². The maximum absolute atomic E-state index is 12.0. The second-order valence-corrected chi connectivity index (χ2v) is 7.31. The van der Waals surface area contributed by atoms with Crippen molar-refractivity contribution in [3.63, 3.8) is 0 Å². The minimum atomic E-state index is -0.586. The lowest BCUT2D eigenvalue weighted by Crippen LogP contribution is -2.32. The predicted octanol–water partition coefficient (Wildman–Crippen LogP) is 1.90. The third kappa shape index (κ3) is 6.21. The van der Waals surface area contributed by atoms with Crippen LogP contribution in [-0.4, -0.2) is 47.7 Å². The maximum Gasteiger partial charge on any atom is 0.251 e. The maximum atomic E-state index is 12.0. The van der Waals surface area contributed by atoms with Crippen molar-refractivity contribution in [1.82, 2.24) is 9.88 Å². The van der Waals surface area contributed by atoms with Gasteiger partial charge in [-0.1, -0.05) is 0 Å². The molecular weight excluding hydrogens is 422 g/mol. The number of nitrogens with zero attached hydrogens (tertiary/aromatic N) is 2. The van der Waals surface area contributed by atoms with Crippen molar-refractivity contribution in [2.75, 3.05) is 30.8 Å². The zero-order valence-electron chi connectivity index (χ0n) is 14.0. The van der Waals surface area contributed by atoms with E-state index in [1.807, 2.05) is 0 Å². The molecule has 2 aromatic heterocycles. The molecule has 8 nitrogen and oxygen atoms in total. The molecule has 4 N–H and O–H groups in total. The van der Waals surface area contributed by atoms with Gasteiger partial charge in [0.05, 0.1) is 12.1 Å². The van der Waals surface area contributed by atoms with Crippen molar-refractivity contribution in [3.8, 4) is 0 Å². The first-order valence-corrected chi connectivity index (χ1v) is 9.29. The Morgan fingerprint density at radius 3 is 2.65 bits per heavy atom. The molecule has 0 aliphatic heterocycles. The van der Waals surface area contributed by atoms with Gasteiger partial charge in [0.25, 0.3) is 5.91 Å². The molecule has 0 radical (unpaired) electrons. The fourth-order valence-corrected chi connectivity index (χ4v) is 3.08. The lowest BCUT2D eigenvalue weighted by Gasteiger charge is -2.15. The predicted molar refractivity (Wildman–Crippen MR) is 104 cm³/mol. The Morgan fingerprint density at radius 1 is 1.23 bits per heavy atom. The second-order valence-electron chi connectivity index (χ2n) is 5.47. The zero-order chi connectivity index (χ0) is 19.1. The molecule has 2 heterocycles. The molecule has 0 saturated carbocycles. The van der Waals surface area contributed by atoms with E-state index in [9.17, 15) is 14.4 Å². The normalized spacial score (nSPS) is 10.6. The highest BCUT2D eigenvalue weighted by molar-refractivity contribution is 9.10. The van der Waals surface area contributed by atoms with E-state index in [4.69, 9.17) is 5.73 Å². The lowest BCUT2D eigenvalue weighted by molar-refractivity contribution is -0.119. The molecular formula is C16H18BrN5O3S. The highest BCUT2D eigenvalue weighted by Crippen LogP contribution is 2.22. The summed E-state index contributed by atoms with van der Waals surface area (Å²) in [6.07, 6.45) is 1.77. The molecule has 0 bridgehead atoms. The van der Waals surface area contributed by atoms with Gasteiger partial charge in [0.15, 0.2) is 0 Å². The van der Waals surface area contributed by atoms with E-state index in [1.54, 1.807) is 41.7 Å². The summed E-state index contributed by atoms with van der Waals surface area (Å²) >= 11 is 4.51. The highest BCUT2D eigenvalue weighted by Gasteiger charge is 2.14. The van der Waals surface area contributed by atoms with Gasteiger partial charge in [-0.2, -0.15) is 0 Å². The van der Waals surface area contributed by atoms with Crippen LogP contribution in [0.15, 0.2) is 34.2 Å². The van der Waals surface area contributed by atoms with Gasteiger partial charge in [0, 0.05) is 23.6 Å². The van der Waals surface area contributed by atoms with E-state index in [1.165, 1.54) is 11.3 Å². The van der Waals surface area contributed by atoms with Crippen molar-refractivity contribution in [1.29, 1.82) is 0 Å². The first-order chi connectivity index (χ1) is 12.3. The molecule has 0 fully saturated rings. The molecule has 2 rings (SSSR count). The molecule has 2 aromatic rings. The second kappa shape index (κ2) is 9.41. The molecule has 0 spiro atoms. The minimum Gasteiger partial charge on any atom is -0.366 e. The number of amides is 3. The van der Waals surface area contributed by atoms with Gasteiger partial charge in [-0.25, -0.2) is 4.98 Å². The Hall–Kier alpha value is -2.30. The quantitative estimate of drug-likeness (QED) is 0.580. The van der Waals surface area contributed by atoms with Gasteiger partial charge in [0.2, 0.25) is 11.8 Å². The Labute approximate surface area is 162 Å². The fraction of sp³-hybridized carbons (Fsp3) is 0.250. The van der Waals surface area contributed by atoms with Crippen LogP contribution >= 0.6 is 27.3 Å². The zero-order valence-corrected chi connectivity index (χ0v) is 16.4. The molecule has 26 heavy (non-hydrogen) atoms. The summed E-state index contributed by atoms with van der Waals surface area (Å²) in [5.41, 5.74) is 5.53. The molecule has 0 aromatic carbocycles. The van der Waals surface area contributed by atoms with Gasteiger partial charge in [-0.05, 0) is 46.6 Å². The molecule has 0 atom stereocenters. The summed E-state index contributed by atoms with van der Waals surface area (Å²) in [6, 6.07) is 5.03. The van der Waals surface area contributed by atoms with Gasteiger partial charge in [-0.15, -0.1) is 11.3 Å². The Balaban J connectivity index is 1.75. The van der Waals surface area contributed by atoms with Crippen LogP contribution < -0.4 is 16.4 Å². The van der Waals surface area contributed by atoms with Crippen LogP contribution in [0.25, 0.3) is 0 Å². The number of primary amides is 1. The number of halogens is 1. The summed E-state index contributed by atoms with van der Waals surface area (Å²) in [6.45, 7) is 0.501. The highest BCUT2D eigenvalue weighted by atomic mass is 79.9. The van der Waals surface area contributed by atoms with Crippen LogP contribution in [0.4, 0.5) is 10.8 Å². The molecule has 0 aliphatic rings.